The van der Waals surface area contributed by atoms with Crippen LogP contribution in [0.5, 0.6) is 0 Å². The first-order chi connectivity index (χ1) is 16.9. The third kappa shape index (κ3) is 6.40. The first-order valence-electron chi connectivity index (χ1n) is 12.6. The number of carbonyl (C=O) groups excluding carboxylic acids is 2. The lowest BCUT2D eigenvalue weighted by Crippen LogP contribution is -2.57. The van der Waals surface area contributed by atoms with E-state index in [4.69, 9.17) is 5.26 Å². The number of nitrogens with one attached hydrogen (secondary N) is 1. The third-order valence-corrected chi connectivity index (χ3v) is 9.19. The number of carbonyl (C=O) groups is 2. The summed E-state index contributed by atoms with van der Waals surface area (Å²) >= 11 is 0. The van der Waals surface area contributed by atoms with Gasteiger partial charge >= 0.3 is 0 Å². The van der Waals surface area contributed by atoms with Gasteiger partial charge in [0, 0.05) is 47.2 Å². The molecular weight excluding hydrogens is 466 g/mol. The van der Waals surface area contributed by atoms with Crippen molar-refractivity contribution in [1.29, 1.82) is 5.26 Å². The van der Waals surface area contributed by atoms with Gasteiger partial charge in [0.1, 0.15) is 0 Å². The van der Waals surface area contributed by atoms with Crippen molar-refractivity contribution < 1.29 is 19.4 Å². The second-order valence-corrected chi connectivity index (χ2v) is 11.8. The molecule has 1 aromatic carbocycles. The van der Waals surface area contributed by atoms with Crippen LogP contribution < -0.4 is 5.32 Å². The molecule has 4 fully saturated rings. The number of piperidine rings is 1. The Kier molecular flexibility index (Phi) is 8.42. The van der Waals surface area contributed by atoms with Crippen molar-refractivity contribution in [3.63, 3.8) is 0 Å². The predicted octanol–water partition coefficient (Wildman–Crippen LogP) is 2.08. The van der Waals surface area contributed by atoms with Crippen LogP contribution in [-0.4, -0.2) is 73.5 Å². The lowest BCUT2D eigenvalue weighted by molar-refractivity contribution is -0.135. The second kappa shape index (κ2) is 11.5. The fourth-order valence-electron chi connectivity index (χ4n) is 4.90. The lowest BCUT2D eigenvalue weighted by Gasteiger charge is -2.40. The minimum Gasteiger partial charge on any atom is -0.355 e. The molecule has 35 heavy (non-hydrogen) atoms. The molecule has 0 aromatic heterocycles. The van der Waals surface area contributed by atoms with Crippen LogP contribution in [0.3, 0.4) is 0 Å². The number of benzene rings is 1. The monoisotopic (exact) mass is 503 g/mol. The highest BCUT2D eigenvalue weighted by Gasteiger charge is 2.42. The molecule has 5 rings (SSSR count). The molecule has 192 valence electrons. The van der Waals surface area contributed by atoms with Crippen molar-refractivity contribution in [1.82, 2.24) is 18.8 Å². The van der Waals surface area contributed by atoms with Gasteiger partial charge in [-0.05, 0) is 55.6 Å². The number of hydrogen-bond acceptors (Lipinski definition) is 5. The highest BCUT2D eigenvalue weighted by molar-refractivity contribution is 7.86. The predicted molar refractivity (Wildman–Crippen MR) is 133 cm³/mol. The van der Waals surface area contributed by atoms with Crippen LogP contribution in [-0.2, 0) is 26.3 Å². The van der Waals surface area contributed by atoms with Gasteiger partial charge in [-0.25, -0.2) is 0 Å². The Labute approximate surface area is 209 Å². The average molecular weight is 504 g/mol. The molecule has 1 aliphatic carbocycles. The van der Waals surface area contributed by atoms with Crippen LogP contribution in [0.4, 0.5) is 0 Å². The molecule has 10 heteroatoms. The van der Waals surface area contributed by atoms with Gasteiger partial charge in [0.05, 0.1) is 17.9 Å². The van der Waals surface area contributed by atoms with E-state index in [0.717, 1.165) is 56.7 Å². The molecular formula is C25H37N5O4S. The SMILES string of the molecule is N#CC1CN(S(=O)(=O)N2CCC[C@H](C(=O)N3CCCC3)C2)C1.O=CNCc1ccc(C2CC2)cc1.[HH]. The molecule has 9 nitrogen and oxygen atoms in total. The Hall–Kier alpha value is -2.48. The number of nitriles is 1. The van der Waals surface area contributed by atoms with Gasteiger partial charge in [0.25, 0.3) is 10.2 Å². The Morgan fingerprint density at radius 2 is 1.71 bits per heavy atom. The van der Waals surface area contributed by atoms with Gasteiger partial charge in [-0.1, -0.05) is 24.3 Å². The van der Waals surface area contributed by atoms with Gasteiger partial charge in [0.15, 0.2) is 0 Å². The van der Waals surface area contributed by atoms with Gasteiger partial charge < -0.3 is 10.2 Å². The Balaban J connectivity index is 0.000000221. The summed E-state index contributed by atoms with van der Waals surface area (Å²) in [4.78, 5) is 24.4. The molecule has 0 radical (unpaired) electrons. The van der Waals surface area contributed by atoms with Crippen LogP contribution in [0.15, 0.2) is 24.3 Å². The zero-order valence-corrected chi connectivity index (χ0v) is 21.0. The third-order valence-electron chi connectivity index (χ3n) is 7.25. The Morgan fingerprint density at radius 1 is 1.03 bits per heavy atom. The van der Waals surface area contributed by atoms with Gasteiger partial charge in [-0.15, -0.1) is 0 Å². The fourth-order valence-corrected chi connectivity index (χ4v) is 6.70. The van der Waals surface area contributed by atoms with E-state index in [2.05, 4.69) is 35.7 Å². The maximum atomic E-state index is 12.5. The quantitative estimate of drug-likeness (QED) is 0.572. The van der Waals surface area contributed by atoms with Crippen molar-refractivity contribution in [3.05, 3.63) is 35.4 Å². The molecule has 0 unspecified atom stereocenters. The van der Waals surface area contributed by atoms with Crippen LogP contribution in [0.1, 0.15) is 57.0 Å². The normalized spacial score (nSPS) is 23.5. The highest BCUT2D eigenvalue weighted by atomic mass is 32.2. The zero-order valence-electron chi connectivity index (χ0n) is 20.1. The topological polar surface area (TPSA) is 114 Å². The maximum Gasteiger partial charge on any atom is 0.282 e. The number of rotatable bonds is 7. The van der Waals surface area contributed by atoms with Crippen molar-refractivity contribution in [3.8, 4) is 6.07 Å². The molecule has 1 N–H and O–H groups in total. The molecule has 4 aliphatic rings. The van der Waals surface area contributed by atoms with E-state index in [1.165, 1.54) is 27.0 Å². The molecule has 3 aliphatic heterocycles. The number of hydrogen-bond donors (Lipinski definition) is 1. The summed E-state index contributed by atoms with van der Waals surface area (Å²) in [5.74, 6) is 0.514. The summed E-state index contributed by atoms with van der Waals surface area (Å²) in [5.41, 5.74) is 2.60. The van der Waals surface area contributed by atoms with Crippen LogP contribution >= 0.6 is 0 Å². The standard InChI is InChI=1S/C14H22N4O3S.C11H13NO.H2/c15-8-12-9-18(10-12)22(20,21)17-7-3-4-13(11-17)14(19)16-5-1-2-6-16;13-8-12-7-9-1-3-10(4-2-9)11-5-6-11;/h12-13H,1-7,9-11H2;1-4,8,11H,5-7H2,(H,12,13);1H/t13-;;/m0../s1. The van der Waals surface area contributed by atoms with Crippen LogP contribution in [0.25, 0.3) is 0 Å². The number of nitrogens with zero attached hydrogens (tertiary/aromatic N) is 4. The largest absolute Gasteiger partial charge is 0.355 e. The minimum absolute atomic E-state index is 0. The van der Waals surface area contributed by atoms with Gasteiger partial charge in [-0.2, -0.15) is 22.3 Å². The van der Waals surface area contributed by atoms with E-state index in [9.17, 15) is 18.0 Å². The highest BCUT2D eigenvalue weighted by Crippen LogP contribution is 2.39. The molecule has 1 atom stereocenters. The van der Waals surface area contributed by atoms with Gasteiger partial charge in [-0.3, -0.25) is 9.59 Å². The van der Waals surface area contributed by atoms with Crippen molar-refractivity contribution >= 4 is 22.5 Å². The fraction of sp³-hybridized carbons (Fsp3) is 0.640. The molecule has 0 spiro atoms. The Morgan fingerprint density at radius 3 is 2.31 bits per heavy atom. The summed E-state index contributed by atoms with van der Waals surface area (Å²) in [7, 11) is -3.51. The first-order valence-corrected chi connectivity index (χ1v) is 14.0. The van der Waals surface area contributed by atoms with E-state index < -0.39 is 10.2 Å². The molecule has 1 aromatic rings. The van der Waals surface area contributed by atoms with Crippen molar-refractivity contribution in [2.75, 3.05) is 39.3 Å². The van der Waals surface area contributed by atoms with Crippen LogP contribution in [0, 0.1) is 23.2 Å². The average Bonchev–Trinajstić information content (AvgIpc) is 3.56. The van der Waals surface area contributed by atoms with E-state index >= 15 is 0 Å². The Bertz CT molecular complexity index is 1030. The second-order valence-electron chi connectivity index (χ2n) is 9.89. The first kappa shape index (κ1) is 25.6. The summed E-state index contributed by atoms with van der Waals surface area (Å²) in [6.45, 7) is 3.55. The van der Waals surface area contributed by atoms with E-state index in [1.807, 2.05) is 4.90 Å². The lowest BCUT2D eigenvalue weighted by atomic mass is 9.98. The number of amides is 2. The molecule has 0 bridgehead atoms. The van der Waals surface area contributed by atoms with E-state index in [0.29, 0.717) is 13.1 Å². The molecule has 1 saturated carbocycles. The molecule has 2 amide bonds. The molecule has 3 saturated heterocycles. The van der Waals surface area contributed by atoms with Crippen LogP contribution in [0.2, 0.25) is 0 Å². The zero-order chi connectivity index (χ0) is 24.8. The van der Waals surface area contributed by atoms with E-state index in [1.54, 1.807) is 0 Å². The number of likely N-dealkylation sites (tertiary alicyclic amines) is 1. The summed E-state index contributed by atoms with van der Waals surface area (Å²) in [6.07, 6.45) is 6.99. The van der Waals surface area contributed by atoms with Crippen molar-refractivity contribution in [2.45, 2.75) is 51.0 Å². The maximum absolute atomic E-state index is 12.5. The molecule has 3 heterocycles. The summed E-state index contributed by atoms with van der Waals surface area (Å²) < 4.78 is 27.9. The summed E-state index contributed by atoms with van der Waals surface area (Å²) in [5, 5.41) is 11.4. The van der Waals surface area contributed by atoms with Crippen molar-refractivity contribution in [2.24, 2.45) is 11.8 Å². The van der Waals surface area contributed by atoms with E-state index in [-0.39, 0.29) is 38.8 Å². The summed E-state index contributed by atoms with van der Waals surface area (Å²) in [6, 6.07) is 10.6. The minimum atomic E-state index is -3.51. The smallest absolute Gasteiger partial charge is 0.282 e. The van der Waals surface area contributed by atoms with Gasteiger partial charge in [0.2, 0.25) is 12.3 Å².